The van der Waals surface area contributed by atoms with Gasteiger partial charge in [-0.2, -0.15) is 0 Å². The molecule has 104 valence electrons. The van der Waals surface area contributed by atoms with Gasteiger partial charge in [0.15, 0.2) is 0 Å². The van der Waals surface area contributed by atoms with Gasteiger partial charge in [0.2, 0.25) is 5.91 Å². The molecule has 2 fully saturated rings. The number of hydrogen-bond donors (Lipinski definition) is 0. The van der Waals surface area contributed by atoms with Gasteiger partial charge in [-0.25, -0.2) is 4.98 Å². The lowest BCUT2D eigenvalue weighted by molar-refractivity contribution is -0.132. The Balaban J connectivity index is 1.53. The first-order valence-corrected chi connectivity index (χ1v) is 8.02. The van der Waals surface area contributed by atoms with Crippen molar-refractivity contribution in [3.05, 3.63) is 16.1 Å². The van der Waals surface area contributed by atoms with Crippen LogP contribution >= 0.6 is 11.3 Å². The molecular weight excluding hydrogens is 258 g/mol. The first kappa shape index (κ1) is 13.1. The average molecular weight is 279 g/mol. The fourth-order valence-electron chi connectivity index (χ4n) is 2.65. The first-order chi connectivity index (χ1) is 9.22. The molecule has 19 heavy (non-hydrogen) atoms. The molecule has 1 aliphatic carbocycles. The van der Waals surface area contributed by atoms with E-state index in [1.807, 2.05) is 6.92 Å². The zero-order chi connectivity index (χ0) is 13.2. The van der Waals surface area contributed by atoms with Gasteiger partial charge in [-0.1, -0.05) is 0 Å². The van der Waals surface area contributed by atoms with Gasteiger partial charge >= 0.3 is 0 Å². The molecule has 0 atom stereocenters. The SMILES string of the molecule is Cc1nc(CN2CCCN(C(=O)C3CC3)CC2)cs1. The zero-order valence-electron chi connectivity index (χ0n) is 11.5. The van der Waals surface area contributed by atoms with Crippen molar-refractivity contribution >= 4 is 17.2 Å². The Labute approximate surface area is 118 Å². The number of carbonyl (C=O) groups excluding carboxylic acids is 1. The van der Waals surface area contributed by atoms with Crippen LogP contribution in [-0.4, -0.2) is 46.9 Å². The molecule has 1 amide bonds. The third-order valence-electron chi connectivity index (χ3n) is 3.88. The van der Waals surface area contributed by atoms with E-state index in [2.05, 4.69) is 20.2 Å². The lowest BCUT2D eigenvalue weighted by Gasteiger charge is -2.21. The molecule has 0 unspecified atom stereocenters. The predicted molar refractivity (Wildman–Crippen MR) is 76.0 cm³/mol. The zero-order valence-corrected chi connectivity index (χ0v) is 12.3. The number of thiazole rings is 1. The quantitative estimate of drug-likeness (QED) is 0.848. The Kier molecular flexibility index (Phi) is 3.84. The molecule has 1 aromatic rings. The Morgan fingerprint density at radius 1 is 1.37 bits per heavy atom. The molecule has 0 bridgehead atoms. The van der Waals surface area contributed by atoms with E-state index in [1.54, 1.807) is 11.3 Å². The van der Waals surface area contributed by atoms with Gasteiger partial charge < -0.3 is 4.90 Å². The molecule has 2 aliphatic rings. The monoisotopic (exact) mass is 279 g/mol. The van der Waals surface area contributed by atoms with Crippen LogP contribution in [0.15, 0.2) is 5.38 Å². The largest absolute Gasteiger partial charge is 0.341 e. The number of hydrogen-bond acceptors (Lipinski definition) is 4. The Morgan fingerprint density at radius 2 is 2.21 bits per heavy atom. The fraction of sp³-hybridized carbons (Fsp3) is 0.714. The van der Waals surface area contributed by atoms with Crippen molar-refractivity contribution in [3.63, 3.8) is 0 Å². The lowest BCUT2D eigenvalue weighted by Crippen LogP contribution is -2.36. The summed E-state index contributed by atoms with van der Waals surface area (Å²) in [5.74, 6) is 0.749. The van der Waals surface area contributed by atoms with E-state index < -0.39 is 0 Å². The second kappa shape index (κ2) is 5.59. The molecule has 3 rings (SSSR count). The topological polar surface area (TPSA) is 36.4 Å². The van der Waals surface area contributed by atoms with E-state index in [1.165, 1.54) is 5.69 Å². The van der Waals surface area contributed by atoms with E-state index >= 15 is 0 Å². The van der Waals surface area contributed by atoms with Crippen molar-refractivity contribution in [3.8, 4) is 0 Å². The maximum atomic E-state index is 12.1. The van der Waals surface area contributed by atoms with Crippen molar-refractivity contribution < 1.29 is 4.79 Å². The molecule has 1 aromatic heterocycles. The molecule has 0 aromatic carbocycles. The number of nitrogens with zero attached hydrogens (tertiary/aromatic N) is 3. The minimum atomic E-state index is 0.354. The highest BCUT2D eigenvalue weighted by atomic mass is 32.1. The van der Waals surface area contributed by atoms with Crippen molar-refractivity contribution in [1.29, 1.82) is 0 Å². The number of aromatic nitrogens is 1. The maximum Gasteiger partial charge on any atom is 0.225 e. The lowest BCUT2D eigenvalue weighted by atomic mass is 10.3. The van der Waals surface area contributed by atoms with Gasteiger partial charge in [0.25, 0.3) is 0 Å². The smallest absolute Gasteiger partial charge is 0.225 e. The van der Waals surface area contributed by atoms with Crippen LogP contribution in [0, 0.1) is 12.8 Å². The summed E-state index contributed by atoms with van der Waals surface area (Å²) in [5, 5.41) is 3.28. The summed E-state index contributed by atoms with van der Waals surface area (Å²) in [6, 6.07) is 0. The number of aryl methyl sites for hydroxylation is 1. The third kappa shape index (κ3) is 3.34. The molecule has 0 radical (unpaired) electrons. The highest BCUT2D eigenvalue weighted by Crippen LogP contribution is 2.31. The van der Waals surface area contributed by atoms with Crippen molar-refractivity contribution in [2.45, 2.75) is 32.7 Å². The van der Waals surface area contributed by atoms with Gasteiger partial charge in [-0.3, -0.25) is 9.69 Å². The molecule has 1 aliphatic heterocycles. The molecule has 1 saturated heterocycles. The van der Waals surface area contributed by atoms with Crippen molar-refractivity contribution in [2.24, 2.45) is 5.92 Å². The highest BCUT2D eigenvalue weighted by molar-refractivity contribution is 7.09. The van der Waals surface area contributed by atoms with Crippen LogP contribution in [0.1, 0.15) is 30.0 Å². The standard InChI is InChI=1S/C14H21N3OS/c1-11-15-13(10-19-11)9-16-5-2-6-17(8-7-16)14(18)12-3-4-12/h10,12H,2-9H2,1H3. The number of rotatable bonds is 3. The summed E-state index contributed by atoms with van der Waals surface area (Å²) in [6.45, 7) is 6.85. The molecule has 0 spiro atoms. The van der Waals surface area contributed by atoms with Crippen LogP contribution in [0.4, 0.5) is 0 Å². The van der Waals surface area contributed by atoms with Crippen molar-refractivity contribution in [1.82, 2.24) is 14.8 Å². The van der Waals surface area contributed by atoms with Crippen LogP contribution in [0.3, 0.4) is 0 Å². The van der Waals surface area contributed by atoms with E-state index in [4.69, 9.17) is 0 Å². The second-order valence-electron chi connectivity index (χ2n) is 5.59. The Bertz CT molecular complexity index is 455. The summed E-state index contributed by atoms with van der Waals surface area (Å²) in [4.78, 5) is 21.1. The first-order valence-electron chi connectivity index (χ1n) is 7.14. The normalized spacial score (nSPS) is 21.4. The van der Waals surface area contributed by atoms with E-state index in [-0.39, 0.29) is 0 Å². The molecule has 5 heteroatoms. The van der Waals surface area contributed by atoms with Gasteiger partial charge in [0.1, 0.15) is 0 Å². The number of carbonyl (C=O) groups is 1. The van der Waals surface area contributed by atoms with E-state index in [0.29, 0.717) is 11.8 Å². The maximum absolute atomic E-state index is 12.1. The summed E-state index contributed by atoms with van der Waals surface area (Å²) >= 11 is 1.71. The average Bonchev–Trinajstić information content (AvgIpc) is 3.18. The summed E-state index contributed by atoms with van der Waals surface area (Å²) in [5.41, 5.74) is 1.17. The minimum Gasteiger partial charge on any atom is -0.341 e. The van der Waals surface area contributed by atoms with Gasteiger partial charge in [-0.05, 0) is 26.2 Å². The third-order valence-corrected chi connectivity index (χ3v) is 4.70. The summed E-state index contributed by atoms with van der Waals surface area (Å²) in [7, 11) is 0. The highest BCUT2D eigenvalue weighted by Gasteiger charge is 2.33. The van der Waals surface area contributed by atoms with Crippen LogP contribution in [0.25, 0.3) is 0 Å². The van der Waals surface area contributed by atoms with Gasteiger partial charge in [0.05, 0.1) is 10.7 Å². The van der Waals surface area contributed by atoms with Crippen LogP contribution in [0.5, 0.6) is 0 Å². The Hall–Kier alpha value is -0.940. The van der Waals surface area contributed by atoms with Crippen LogP contribution in [0.2, 0.25) is 0 Å². The Morgan fingerprint density at radius 3 is 2.89 bits per heavy atom. The van der Waals surface area contributed by atoms with E-state index in [0.717, 1.165) is 57.0 Å². The van der Waals surface area contributed by atoms with Gasteiger partial charge in [-0.15, -0.1) is 11.3 Å². The molecule has 2 heterocycles. The predicted octanol–water partition coefficient (Wildman–Crippen LogP) is 1.90. The van der Waals surface area contributed by atoms with E-state index in [9.17, 15) is 4.79 Å². The fourth-order valence-corrected chi connectivity index (χ4v) is 3.25. The van der Waals surface area contributed by atoms with Crippen LogP contribution < -0.4 is 0 Å². The number of amides is 1. The molecular formula is C14H21N3OS. The second-order valence-corrected chi connectivity index (χ2v) is 6.65. The van der Waals surface area contributed by atoms with Crippen molar-refractivity contribution in [2.75, 3.05) is 26.2 Å². The molecule has 4 nitrogen and oxygen atoms in total. The minimum absolute atomic E-state index is 0.354. The summed E-state index contributed by atoms with van der Waals surface area (Å²) < 4.78 is 0. The van der Waals surface area contributed by atoms with Gasteiger partial charge in [0, 0.05) is 44.0 Å². The van der Waals surface area contributed by atoms with Crippen LogP contribution in [-0.2, 0) is 11.3 Å². The molecule has 1 saturated carbocycles. The summed E-state index contributed by atoms with van der Waals surface area (Å²) in [6.07, 6.45) is 3.30. The molecule has 0 N–H and O–H groups in total.